The normalized spacial score (nSPS) is 10.7. The zero-order chi connectivity index (χ0) is 19.2. The number of benzene rings is 2. The molecule has 0 unspecified atom stereocenters. The van der Waals surface area contributed by atoms with E-state index in [2.05, 4.69) is 10.6 Å². The fourth-order valence-electron chi connectivity index (χ4n) is 2.70. The first-order chi connectivity index (χ1) is 13.1. The molecule has 0 saturated carbocycles. The molecule has 2 amide bonds. The lowest BCUT2D eigenvalue weighted by atomic mass is 10.1. The maximum absolute atomic E-state index is 13.7. The van der Waals surface area contributed by atoms with Gasteiger partial charge in [0.15, 0.2) is 0 Å². The number of carbonyl (C=O) groups excluding carboxylic acids is 2. The number of halogens is 2. The molecule has 4 nitrogen and oxygen atoms in total. The summed E-state index contributed by atoms with van der Waals surface area (Å²) in [5.74, 6) is -0.766. The van der Waals surface area contributed by atoms with Gasteiger partial charge in [0, 0.05) is 23.2 Å². The van der Waals surface area contributed by atoms with Crippen LogP contribution in [-0.4, -0.2) is 24.2 Å². The van der Waals surface area contributed by atoms with Gasteiger partial charge in [0.05, 0.1) is 5.56 Å². The summed E-state index contributed by atoms with van der Waals surface area (Å²) in [5, 5.41) is 7.84. The van der Waals surface area contributed by atoms with Gasteiger partial charge in [-0.15, -0.1) is 22.9 Å². The molecule has 2 N–H and O–H groups in total. The van der Waals surface area contributed by atoms with Crippen molar-refractivity contribution in [2.45, 2.75) is 13.0 Å². The summed E-state index contributed by atoms with van der Waals surface area (Å²) in [4.78, 5) is 23.6. The molecule has 0 atom stereocenters. The molecule has 0 aliphatic heterocycles. The number of hydrogen-bond acceptors (Lipinski definition) is 3. The first kappa shape index (κ1) is 19.3. The van der Waals surface area contributed by atoms with Crippen LogP contribution in [0.2, 0.25) is 0 Å². The predicted octanol–water partition coefficient (Wildman–Crippen LogP) is 3.87. The summed E-state index contributed by atoms with van der Waals surface area (Å²) < 4.78 is 14.4. The van der Waals surface area contributed by atoms with Crippen molar-refractivity contribution in [3.05, 3.63) is 70.4 Å². The third kappa shape index (κ3) is 4.84. The van der Waals surface area contributed by atoms with Crippen LogP contribution in [0.5, 0.6) is 0 Å². The van der Waals surface area contributed by atoms with E-state index in [9.17, 15) is 14.0 Å². The zero-order valence-electron chi connectivity index (χ0n) is 14.4. The molecule has 0 saturated heterocycles. The van der Waals surface area contributed by atoms with E-state index in [1.54, 1.807) is 11.4 Å². The Balaban J connectivity index is 1.56. The Kier molecular flexibility index (Phi) is 6.42. The van der Waals surface area contributed by atoms with Crippen LogP contribution >= 0.6 is 22.9 Å². The quantitative estimate of drug-likeness (QED) is 0.587. The Morgan fingerprint density at radius 1 is 1.00 bits per heavy atom. The lowest BCUT2D eigenvalue weighted by Crippen LogP contribution is -2.26. The van der Waals surface area contributed by atoms with Crippen molar-refractivity contribution in [2.75, 3.05) is 12.4 Å². The van der Waals surface area contributed by atoms with Crippen molar-refractivity contribution >= 4 is 44.8 Å². The maximum Gasteiger partial charge on any atom is 0.253 e. The van der Waals surface area contributed by atoms with E-state index in [-0.39, 0.29) is 23.5 Å². The van der Waals surface area contributed by atoms with Gasteiger partial charge in [-0.3, -0.25) is 9.59 Å². The molecule has 140 valence electrons. The molecule has 0 spiro atoms. The molecule has 7 heteroatoms. The van der Waals surface area contributed by atoms with Gasteiger partial charge in [-0.05, 0) is 41.1 Å². The molecule has 3 rings (SSSR count). The lowest BCUT2D eigenvalue weighted by Gasteiger charge is -2.08. The van der Waals surface area contributed by atoms with Crippen LogP contribution in [0.25, 0.3) is 10.1 Å². The summed E-state index contributed by atoms with van der Waals surface area (Å²) in [5.41, 5.74) is 2.52. The average Bonchev–Trinajstić information content (AvgIpc) is 3.18. The van der Waals surface area contributed by atoms with E-state index >= 15 is 0 Å². The van der Waals surface area contributed by atoms with Crippen LogP contribution < -0.4 is 10.6 Å². The molecule has 0 bridgehead atoms. The molecule has 0 aliphatic carbocycles. The fraction of sp³-hybridized carbons (Fsp3) is 0.200. The van der Waals surface area contributed by atoms with E-state index in [1.165, 1.54) is 23.5 Å². The SMILES string of the molecule is O=C(CCl)NCCc1ccc(CNC(=O)c2ccc(F)c3ccsc23)cc1. The second-order valence-electron chi connectivity index (χ2n) is 5.99. The number of thiophene rings is 1. The highest BCUT2D eigenvalue weighted by Crippen LogP contribution is 2.27. The summed E-state index contributed by atoms with van der Waals surface area (Å²) >= 11 is 6.78. The van der Waals surface area contributed by atoms with E-state index < -0.39 is 0 Å². The number of hydrogen-bond donors (Lipinski definition) is 2. The van der Waals surface area contributed by atoms with Gasteiger partial charge in [-0.1, -0.05) is 24.3 Å². The predicted molar refractivity (Wildman–Crippen MR) is 107 cm³/mol. The first-order valence-electron chi connectivity index (χ1n) is 8.43. The third-order valence-corrected chi connectivity index (χ3v) is 5.33. The Morgan fingerprint density at radius 2 is 1.74 bits per heavy atom. The van der Waals surface area contributed by atoms with Crippen molar-refractivity contribution < 1.29 is 14.0 Å². The Morgan fingerprint density at radius 3 is 2.48 bits per heavy atom. The van der Waals surface area contributed by atoms with Crippen molar-refractivity contribution in [3.8, 4) is 0 Å². The molecule has 27 heavy (non-hydrogen) atoms. The minimum atomic E-state index is -0.319. The Labute approximate surface area is 165 Å². The second kappa shape index (κ2) is 8.97. The summed E-state index contributed by atoms with van der Waals surface area (Å²) in [7, 11) is 0. The smallest absolute Gasteiger partial charge is 0.253 e. The van der Waals surface area contributed by atoms with Crippen LogP contribution in [0.1, 0.15) is 21.5 Å². The largest absolute Gasteiger partial charge is 0.355 e. The van der Waals surface area contributed by atoms with E-state index in [1.807, 2.05) is 24.3 Å². The van der Waals surface area contributed by atoms with Gasteiger partial charge >= 0.3 is 0 Å². The molecule has 2 aromatic carbocycles. The molecule has 0 fully saturated rings. The van der Waals surface area contributed by atoms with Gasteiger partial charge in [-0.2, -0.15) is 0 Å². The third-order valence-electron chi connectivity index (χ3n) is 4.14. The van der Waals surface area contributed by atoms with Crippen LogP contribution in [-0.2, 0) is 17.8 Å². The van der Waals surface area contributed by atoms with Crippen molar-refractivity contribution in [3.63, 3.8) is 0 Å². The van der Waals surface area contributed by atoms with Crippen molar-refractivity contribution in [1.82, 2.24) is 10.6 Å². The zero-order valence-corrected chi connectivity index (χ0v) is 16.0. The molecule has 0 radical (unpaired) electrons. The Bertz CT molecular complexity index is 956. The summed E-state index contributed by atoms with van der Waals surface area (Å²) in [6.07, 6.45) is 0.710. The number of nitrogens with one attached hydrogen (secondary N) is 2. The van der Waals surface area contributed by atoms with Crippen LogP contribution in [0, 0.1) is 5.82 Å². The van der Waals surface area contributed by atoms with Crippen molar-refractivity contribution in [2.24, 2.45) is 0 Å². The topological polar surface area (TPSA) is 58.2 Å². The second-order valence-corrected chi connectivity index (χ2v) is 7.17. The fourth-order valence-corrected chi connectivity index (χ4v) is 3.72. The van der Waals surface area contributed by atoms with Crippen LogP contribution in [0.4, 0.5) is 4.39 Å². The monoisotopic (exact) mass is 404 g/mol. The number of alkyl halides is 1. The number of amides is 2. The number of fused-ring (bicyclic) bond motifs is 1. The van der Waals surface area contributed by atoms with E-state index in [4.69, 9.17) is 11.6 Å². The van der Waals surface area contributed by atoms with Gasteiger partial charge < -0.3 is 10.6 Å². The van der Waals surface area contributed by atoms with E-state index in [0.717, 1.165) is 11.1 Å². The van der Waals surface area contributed by atoms with Gasteiger partial charge in [0.1, 0.15) is 11.7 Å². The minimum absolute atomic E-state index is 0.0372. The highest BCUT2D eigenvalue weighted by Gasteiger charge is 2.13. The summed E-state index contributed by atoms with van der Waals surface area (Å²) in [6, 6.07) is 12.3. The number of rotatable bonds is 7. The van der Waals surface area contributed by atoms with Gasteiger partial charge in [-0.25, -0.2) is 4.39 Å². The van der Waals surface area contributed by atoms with Gasteiger partial charge in [0.2, 0.25) is 5.91 Å². The van der Waals surface area contributed by atoms with Gasteiger partial charge in [0.25, 0.3) is 5.91 Å². The molecule has 1 aromatic heterocycles. The first-order valence-corrected chi connectivity index (χ1v) is 9.84. The van der Waals surface area contributed by atoms with Crippen LogP contribution in [0.15, 0.2) is 47.8 Å². The van der Waals surface area contributed by atoms with Crippen LogP contribution in [0.3, 0.4) is 0 Å². The average molecular weight is 405 g/mol. The minimum Gasteiger partial charge on any atom is -0.355 e. The highest BCUT2D eigenvalue weighted by atomic mass is 35.5. The maximum atomic E-state index is 13.7. The standard InChI is InChI=1S/C20H18ClFN2O2S/c21-11-18(25)23-9-7-13-1-3-14(4-2-13)12-24-20(26)16-5-6-17(22)15-8-10-27-19(15)16/h1-6,8,10H,7,9,11-12H2,(H,23,25)(H,24,26). The molecular formula is C20H18ClFN2O2S. The molecule has 0 aliphatic rings. The molecule has 1 heterocycles. The molecule has 3 aromatic rings. The summed E-state index contributed by atoms with van der Waals surface area (Å²) in [6.45, 7) is 0.912. The lowest BCUT2D eigenvalue weighted by molar-refractivity contribution is -0.118. The molecular weight excluding hydrogens is 387 g/mol. The number of carbonyl (C=O) groups is 2. The van der Waals surface area contributed by atoms with Crippen molar-refractivity contribution in [1.29, 1.82) is 0 Å². The highest BCUT2D eigenvalue weighted by molar-refractivity contribution is 7.17. The Hall–Kier alpha value is -2.44. The van der Waals surface area contributed by atoms with E-state index in [0.29, 0.717) is 35.2 Å².